The third-order valence-electron chi connectivity index (χ3n) is 2.59. The van der Waals surface area contributed by atoms with Crippen molar-refractivity contribution in [3.05, 3.63) is 30.2 Å². The standard InChI is InChI=1S/C11H11N3O4S/c1-7-12-5-11(13-7)19(15,16)14-8-2-3-9-10(4-8)18-6-17-9/h2-5,14H,6H2,1H3,(H,12,13). The molecule has 1 aromatic heterocycles. The number of H-pyrrole nitrogens is 1. The Morgan fingerprint density at radius 2 is 2.11 bits per heavy atom. The quantitative estimate of drug-likeness (QED) is 0.883. The number of imidazole rings is 1. The summed E-state index contributed by atoms with van der Waals surface area (Å²) in [6.45, 7) is 1.82. The van der Waals surface area contributed by atoms with Crippen LogP contribution in [0.5, 0.6) is 11.5 Å². The topological polar surface area (TPSA) is 93.3 Å². The lowest BCUT2D eigenvalue weighted by Crippen LogP contribution is -2.13. The van der Waals surface area contributed by atoms with E-state index in [1.54, 1.807) is 25.1 Å². The summed E-state index contributed by atoms with van der Waals surface area (Å²) >= 11 is 0. The van der Waals surface area contributed by atoms with Crippen molar-refractivity contribution in [3.8, 4) is 11.5 Å². The molecule has 2 aromatic rings. The van der Waals surface area contributed by atoms with Crippen LogP contribution in [0.25, 0.3) is 0 Å². The molecule has 0 saturated heterocycles. The van der Waals surface area contributed by atoms with Crippen LogP contribution in [0.4, 0.5) is 5.69 Å². The zero-order valence-corrected chi connectivity index (χ0v) is 10.8. The van der Waals surface area contributed by atoms with Crippen molar-refractivity contribution in [2.75, 3.05) is 11.5 Å². The molecule has 2 N–H and O–H groups in total. The Hall–Kier alpha value is -2.22. The van der Waals surface area contributed by atoms with Crippen molar-refractivity contribution in [1.82, 2.24) is 9.97 Å². The van der Waals surface area contributed by atoms with Crippen LogP contribution < -0.4 is 14.2 Å². The molecule has 0 saturated carbocycles. The molecule has 19 heavy (non-hydrogen) atoms. The van der Waals surface area contributed by atoms with E-state index < -0.39 is 10.0 Å². The molecule has 1 aromatic carbocycles. The second kappa shape index (κ2) is 4.16. The fourth-order valence-corrected chi connectivity index (χ4v) is 2.73. The molecule has 100 valence electrons. The van der Waals surface area contributed by atoms with Crippen molar-refractivity contribution in [2.45, 2.75) is 11.9 Å². The van der Waals surface area contributed by atoms with Crippen molar-refractivity contribution in [3.63, 3.8) is 0 Å². The Bertz CT molecular complexity index is 723. The van der Waals surface area contributed by atoms with Gasteiger partial charge in [-0.15, -0.1) is 0 Å². The van der Waals surface area contributed by atoms with E-state index in [0.29, 0.717) is 23.0 Å². The lowest BCUT2D eigenvalue weighted by molar-refractivity contribution is 0.174. The number of ether oxygens (including phenoxy) is 2. The summed E-state index contributed by atoms with van der Waals surface area (Å²) in [6.07, 6.45) is 1.27. The van der Waals surface area contributed by atoms with Gasteiger partial charge in [0, 0.05) is 6.07 Å². The third-order valence-corrected chi connectivity index (χ3v) is 3.88. The average Bonchev–Trinajstić information content (AvgIpc) is 2.96. The summed E-state index contributed by atoms with van der Waals surface area (Å²) in [6, 6.07) is 4.83. The lowest BCUT2D eigenvalue weighted by Gasteiger charge is -2.06. The third kappa shape index (κ3) is 2.22. The highest BCUT2D eigenvalue weighted by Gasteiger charge is 2.19. The van der Waals surface area contributed by atoms with Crippen molar-refractivity contribution >= 4 is 15.7 Å². The van der Waals surface area contributed by atoms with E-state index in [4.69, 9.17) is 9.47 Å². The van der Waals surface area contributed by atoms with Gasteiger partial charge in [0.15, 0.2) is 16.5 Å². The molecule has 0 bridgehead atoms. The highest BCUT2D eigenvalue weighted by molar-refractivity contribution is 7.92. The van der Waals surface area contributed by atoms with Gasteiger partial charge in [-0.25, -0.2) is 4.98 Å². The Balaban J connectivity index is 1.89. The van der Waals surface area contributed by atoms with E-state index in [9.17, 15) is 8.42 Å². The van der Waals surface area contributed by atoms with Gasteiger partial charge in [-0.3, -0.25) is 4.72 Å². The van der Waals surface area contributed by atoms with E-state index in [0.717, 1.165) is 0 Å². The largest absolute Gasteiger partial charge is 0.454 e. The maximum Gasteiger partial charge on any atom is 0.278 e. The molecule has 0 spiro atoms. The fourth-order valence-electron chi connectivity index (χ4n) is 1.71. The van der Waals surface area contributed by atoms with E-state index in [1.807, 2.05) is 0 Å². The SMILES string of the molecule is Cc1ncc(S(=O)(=O)Nc2ccc3c(c2)OCO3)[nH]1. The first-order chi connectivity index (χ1) is 9.04. The Morgan fingerprint density at radius 3 is 2.84 bits per heavy atom. The molecule has 0 amide bonds. The van der Waals surface area contributed by atoms with Gasteiger partial charge in [0.25, 0.3) is 10.0 Å². The van der Waals surface area contributed by atoms with Crippen LogP contribution >= 0.6 is 0 Å². The molecule has 2 heterocycles. The molecule has 0 unspecified atom stereocenters. The molecule has 0 aliphatic carbocycles. The Labute approximate surface area is 109 Å². The van der Waals surface area contributed by atoms with E-state index >= 15 is 0 Å². The Morgan fingerprint density at radius 1 is 1.32 bits per heavy atom. The van der Waals surface area contributed by atoms with Gasteiger partial charge in [-0.05, 0) is 19.1 Å². The highest BCUT2D eigenvalue weighted by atomic mass is 32.2. The van der Waals surface area contributed by atoms with E-state index in [2.05, 4.69) is 14.7 Å². The molecule has 0 radical (unpaired) electrons. The molecule has 1 aliphatic rings. The summed E-state index contributed by atoms with van der Waals surface area (Å²) in [5.74, 6) is 1.65. The van der Waals surface area contributed by atoms with Crippen LogP contribution in [0, 0.1) is 6.92 Å². The van der Waals surface area contributed by atoms with E-state index in [-0.39, 0.29) is 11.8 Å². The number of fused-ring (bicyclic) bond motifs is 1. The highest BCUT2D eigenvalue weighted by Crippen LogP contribution is 2.34. The number of sulfonamides is 1. The predicted molar refractivity (Wildman–Crippen MR) is 66.7 cm³/mol. The van der Waals surface area contributed by atoms with Crippen LogP contribution in [-0.2, 0) is 10.0 Å². The first-order valence-corrected chi connectivity index (χ1v) is 6.97. The zero-order valence-electron chi connectivity index (χ0n) is 10.0. The number of nitrogens with zero attached hydrogens (tertiary/aromatic N) is 1. The fraction of sp³-hybridized carbons (Fsp3) is 0.182. The van der Waals surface area contributed by atoms with Gasteiger partial charge >= 0.3 is 0 Å². The number of hydrogen-bond acceptors (Lipinski definition) is 5. The number of benzene rings is 1. The number of aromatic amines is 1. The predicted octanol–water partition coefficient (Wildman–Crippen LogP) is 1.25. The zero-order chi connectivity index (χ0) is 13.5. The van der Waals surface area contributed by atoms with Crippen LogP contribution in [0.2, 0.25) is 0 Å². The second-order valence-electron chi connectivity index (χ2n) is 4.01. The minimum absolute atomic E-state index is 0.0164. The van der Waals surface area contributed by atoms with Gasteiger partial charge in [-0.1, -0.05) is 0 Å². The molecule has 1 aliphatic heterocycles. The number of aromatic nitrogens is 2. The van der Waals surface area contributed by atoms with Crippen molar-refractivity contribution in [2.24, 2.45) is 0 Å². The summed E-state index contributed by atoms with van der Waals surface area (Å²) in [4.78, 5) is 6.53. The minimum Gasteiger partial charge on any atom is -0.454 e. The van der Waals surface area contributed by atoms with Crippen LogP contribution in [0.15, 0.2) is 29.4 Å². The number of rotatable bonds is 3. The average molecular weight is 281 g/mol. The van der Waals surface area contributed by atoms with E-state index in [1.165, 1.54) is 6.20 Å². The molecule has 8 heteroatoms. The molecular formula is C11H11N3O4S. The summed E-state index contributed by atoms with van der Waals surface area (Å²) in [7, 11) is -3.67. The number of hydrogen-bond donors (Lipinski definition) is 2. The summed E-state index contributed by atoms with van der Waals surface area (Å²) < 4.78 is 36.9. The van der Waals surface area contributed by atoms with Crippen molar-refractivity contribution < 1.29 is 17.9 Å². The van der Waals surface area contributed by atoms with Crippen LogP contribution in [-0.4, -0.2) is 25.2 Å². The van der Waals surface area contributed by atoms with Crippen molar-refractivity contribution in [1.29, 1.82) is 0 Å². The molecule has 3 rings (SSSR count). The van der Waals surface area contributed by atoms with Gasteiger partial charge in [-0.2, -0.15) is 8.42 Å². The summed E-state index contributed by atoms with van der Waals surface area (Å²) in [5.41, 5.74) is 0.400. The number of anilines is 1. The normalized spacial score (nSPS) is 13.5. The number of aryl methyl sites for hydroxylation is 1. The molecule has 0 atom stereocenters. The maximum absolute atomic E-state index is 12.1. The van der Waals surface area contributed by atoms with Gasteiger partial charge < -0.3 is 14.5 Å². The van der Waals surface area contributed by atoms with Gasteiger partial charge in [0.2, 0.25) is 6.79 Å². The van der Waals surface area contributed by atoms with Crippen LogP contribution in [0.3, 0.4) is 0 Å². The van der Waals surface area contributed by atoms with Gasteiger partial charge in [0.05, 0.1) is 11.9 Å². The van der Waals surface area contributed by atoms with Crippen LogP contribution in [0.1, 0.15) is 5.82 Å². The monoisotopic (exact) mass is 281 g/mol. The maximum atomic E-state index is 12.1. The molecule has 0 fully saturated rings. The summed E-state index contributed by atoms with van der Waals surface area (Å²) in [5, 5.41) is 0.0164. The smallest absolute Gasteiger partial charge is 0.278 e. The lowest BCUT2D eigenvalue weighted by atomic mass is 10.3. The van der Waals surface area contributed by atoms with Gasteiger partial charge in [0.1, 0.15) is 5.82 Å². The first kappa shape index (κ1) is 11.8. The Kier molecular flexibility index (Phi) is 2.59. The molecule has 7 nitrogen and oxygen atoms in total. The first-order valence-electron chi connectivity index (χ1n) is 5.49. The number of nitrogens with one attached hydrogen (secondary N) is 2. The molecular weight excluding hydrogens is 270 g/mol. The minimum atomic E-state index is -3.67. The second-order valence-corrected chi connectivity index (χ2v) is 5.66.